The fraction of sp³-hybridized carbons (Fsp3) is 0.0494. The summed E-state index contributed by atoms with van der Waals surface area (Å²) in [7, 11) is 0. The van der Waals surface area contributed by atoms with Gasteiger partial charge in [0.25, 0.3) is 28.8 Å². The number of pyridine rings is 4. The molecule has 5 aliphatic heterocycles. The van der Waals surface area contributed by atoms with E-state index in [4.69, 9.17) is 33.0 Å². The van der Waals surface area contributed by atoms with Gasteiger partial charge in [-0.3, -0.25) is 5.57 Å². The average molecular weight is 1700 g/mol. The van der Waals surface area contributed by atoms with Crippen molar-refractivity contribution in [1.82, 2.24) is 17.6 Å². The van der Waals surface area contributed by atoms with Gasteiger partial charge in [0.2, 0.25) is 0 Å². The molecule has 3 aliphatic carbocycles. The molecule has 0 spiro atoms. The molecule has 17 aromatic rings. The van der Waals surface area contributed by atoms with E-state index in [1.165, 1.54) is 154 Å². The number of rotatable bonds is 1. The van der Waals surface area contributed by atoms with Gasteiger partial charge >= 0.3 is 63.2 Å². The van der Waals surface area contributed by atoms with Gasteiger partial charge in [0, 0.05) is 17.8 Å². The molecule has 0 fully saturated rings. The molecule has 0 bridgehead atoms. The van der Waals surface area contributed by atoms with Gasteiger partial charge in [0.1, 0.15) is 0 Å². The first-order valence-electron chi connectivity index (χ1n) is 30.7. The van der Waals surface area contributed by atoms with Crippen LogP contribution in [0.25, 0.3) is 138 Å². The van der Waals surface area contributed by atoms with E-state index in [0.717, 1.165) is 27.8 Å². The van der Waals surface area contributed by atoms with Crippen molar-refractivity contribution >= 4 is 133 Å². The number of imidazole rings is 4. The van der Waals surface area contributed by atoms with Crippen molar-refractivity contribution in [1.29, 1.82) is 0 Å². The first-order chi connectivity index (χ1) is 44.4. The quantitative estimate of drug-likeness (QED) is 0.116. The number of para-hydroxylation sites is 8. The molecule has 25 rings (SSSR count). The largest absolute Gasteiger partial charge is 2.00 e. The third-order valence-corrected chi connectivity index (χ3v) is 21.2. The second kappa shape index (κ2) is 19.0. The summed E-state index contributed by atoms with van der Waals surface area (Å²) in [6, 6.07) is 69.7. The van der Waals surface area contributed by atoms with E-state index in [2.05, 4.69) is 261 Å². The summed E-state index contributed by atoms with van der Waals surface area (Å²) in [6.45, 7) is 31.1. The molecule has 8 aliphatic rings. The molecule has 93 heavy (non-hydrogen) atoms. The standard InChI is InChI=1S/C22H13N2.2C20H11N2.C19H11N3.3W/c1-2-6-16-14(5-1)15-10-9-13-11-12-23-17-7-3-4-8-18(17)24-21(16)20(15)19(13)22(23)24;1-11-12(2)19-18-14(11)8-7-13-9-10-21-15-5-3-4-6-16(15)22(19)20(21)17(13)18;1-2-12-11-17-19-14(12)8-7-13-9-10-21-15-5-3-4-6-16(15)22(17)20(21)18(13)19;1-11-13-8-7-12-9-10-21-14-5-3-4-6-15(14)22-18(20(11)2)17(13)16(12)19(21)22;;;/h1-12,21H;1-10,19H;1-10,17H;1-10,18H;;;/q+1;2*-1;;3*+2. The summed E-state index contributed by atoms with van der Waals surface area (Å²) in [4.78, 5) is 0. The summed E-state index contributed by atoms with van der Waals surface area (Å²) in [5.74, 6) is 0. The molecule has 0 radical (unpaired) electrons. The SMILES string of the molecule is [CH-]=C1C(=[CH-])C2c3c1ccc1ccn4c5ccccc5[n+]2c4c31.[CH-]=C1c2ccc3ccn4c5ccccc5[n+]5c4c3c2C5[N+]1=[CH-].[CH-]=CC1=[C-]C2c3c1ccc1ccn4c5ccccc5[n+]2c4c31.[W+2].[W+2].[W+2].c1ccc2c(c1)-c1ccc3ccn4c5ccccc5[n+]5c4c3c1C25. The molecule has 0 N–H and O–H groups in total. The monoisotopic (exact) mass is 1700 g/mol. The van der Waals surface area contributed by atoms with Gasteiger partial charge in [-0.1, -0.05) is 114 Å². The number of hydrogen-bond acceptors (Lipinski definition) is 0. The molecule has 428 valence electrons. The van der Waals surface area contributed by atoms with Crippen LogP contribution in [0, 0.1) is 32.4 Å². The zero-order valence-corrected chi connectivity index (χ0v) is 58.1. The fourth-order valence-electron chi connectivity index (χ4n) is 17.7. The smallest absolute Gasteiger partial charge is 0.361 e. The van der Waals surface area contributed by atoms with E-state index in [0.29, 0.717) is 11.7 Å². The summed E-state index contributed by atoms with van der Waals surface area (Å²) < 4.78 is 20.4. The second-order valence-corrected chi connectivity index (χ2v) is 25.0. The van der Waals surface area contributed by atoms with E-state index in [1.807, 2.05) is 0 Å². The van der Waals surface area contributed by atoms with Crippen molar-refractivity contribution < 1.29 is 86.0 Å². The number of benzene rings is 9. The Morgan fingerprint density at radius 2 is 0.785 bits per heavy atom. The predicted molar refractivity (Wildman–Crippen MR) is 353 cm³/mol. The maximum absolute atomic E-state index is 6.41. The molecule has 4 atom stereocenters. The first kappa shape index (κ1) is 54.9. The zero-order chi connectivity index (χ0) is 59.0. The van der Waals surface area contributed by atoms with Gasteiger partial charge in [-0.2, -0.15) is 27.7 Å². The van der Waals surface area contributed by atoms with Crippen LogP contribution in [0.5, 0.6) is 0 Å². The van der Waals surface area contributed by atoms with E-state index in [9.17, 15) is 0 Å². The van der Waals surface area contributed by atoms with Gasteiger partial charge in [-0.05, 0) is 111 Å². The van der Waals surface area contributed by atoms with Gasteiger partial charge in [0.15, 0.2) is 50.2 Å². The van der Waals surface area contributed by atoms with Crippen LogP contribution in [-0.2, 0) is 63.2 Å². The molecule has 9 aromatic carbocycles. The number of fused-ring (bicyclic) bond motifs is 19. The summed E-state index contributed by atoms with van der Waals surface area (Å²) in [5, 5.41) is 10.4. The van der Waals surface area contributed by atoms with E-state index < -0.39 is 0 Å². The molecule has 12 heteroatoms. The second-order valence-electron chi connectivity index (χ2n) is 25.0. The van der Waals surface area contributed by atoms with E-state index in [1.54, 1.807) is 10.7 Å². The Morgan fingerprint density at radius 3 is 1.33 bits per heavy atom. The molecule has 4 unspecified atom stereocenters. The van der Waals surface area contributed by atoms with Crippen LogP contribution in [0.15, 0.2) is 231 Å². The Bertz CT molecular complexity index is 6360. The van der Waals surface area contributed by atoms with Crippen LogP contribution in [-0.4, -0.2) is 28.9 Å². The number of nitrogens with zero attached hydrogens (tertiary/aromatic N) is 9. The third kappa shape index (κ3) is 6.42. The van der Waals surface area contributed by atoms with Crippen LogP contribution in [0.1, 0.15) is 68.8 Å². The van der Waals surface area contributed by atoms with Gasteiger partial charge < -0.3 is 48.1 Å². The van der Waals surface area contributed by atoms with Crippen LogP contribution >= 0.6 is 0 Å². The topological polar surface area (TPSA) is 36.2 Å². The van der Waals surface area contributed by atoms with E-state index in [-0.39, 0.29) is 81.4 Å². The minimum Gasteiger partial charge on any atom is -0.361 e. The Hall–Kier alpha value is -9.75. The van der Waals surface area contributed by atoms with Crippen molar-refractivity contribution in [3.05, 3.63) is 307 Å². The molecular weight excluding hydrogens is 1650 g/mol. The molecule has 8 aromatic heterocycles. The number of hydrogen-bond donors (Lipinski definition) is 0. The van der Waals surface area contributed by atoms with Crippen LogP contribution < -0.4 is 18.3 Å². The maximum Gasteiger partial charge on any atom is 2.00 e. The third-order valence-electron chi connectivity index (χ3n) is 21.2. The van der Waals surface area contributed by atoms with Crippen molar-refractivity contribution in [2.45, 2.75) is 24.3 Å². The van der Waals surface area contributed by atoms with Gasteiger partial charge in [0.05, 0.1) is 58.4 Å². The maximum atomic E-state index is 6.41. The van der Waals surface area contributed by atoms with Gasteiger partial charge in [-0.15, -0.1) is 23.9 Å². The van der Waals surface area contributed by atoms with Crippen LogP contribution in [0.3, 0.4) is 0 Å². The molecule has 0 saturated heterocycles. The average Bonchev–Trinajstić information content (AvgIpc) is 1.54. The molecule has 9 nitrogen and oxygen atoms in total. The Kier molecular flexibility index (Phi) is 11.2. The fourth-order valence-corrected chi connectivity index (χ4v) is 17.7. The van der Waals surface area contributed by atoms with Crippen molar-refractivity contribution in [2.75, 3.05) is 0 Å². The number of allylic oxidation sites excluding steroid dienone is 5. The molecule has 0 amide bonds. The first-order valence-corrected chi connectivity index (χ1v) is 30.7. The molecule has 0 saturated carbocycles. The number of aromatic nitrogens is 8. The minimum absolute atomic E-state index is 0. The summed E-state index contributed by atoms with van der Waals surface area (Å²) in [5.41, 5.74) is 31.0. The molecule has 13 heterocycles. The van der Waals surface area contributed by atoms with Crippen molar-refractivity contribution in [3.8, 4) is 11.1 Å². The van der Waals surface area contributed by atoms with E-state index >= 15 is 0 Å². The normalized spacial score (nSPS) is 17.4. The van der Waals surface area contributed by atoms with Crippen LogP contribution in [0.2, 0.25) is 0 Å². The zero-order valence-electron chi connectivity index (χ0n) is 49.3. The van der Waals surface area contributed by atoms with Gasteiger partial charge in [-0.25, -0.2) is 30.9 Å². The Balaban J connectivity index is 0.0000000874. The predicted octanol–water partition coefficient (Wildman–Crippen LogP) is 14.5. The summed E-state index contributed by atoms with van der Waals surface area (Å²) >= 11 is 0. The summed E-state index contributed by atoms with van der Waals surface area (Å²) in [6.07, 6.45) is 13.9. The van der Waals surface area contributed by atoms with Crippen LogP contribution in [0.4, 0.5) is 0 Å². The molecular formula is C81H46N9W3+5. The van der Waals surface area contributed by atoms with Crippen molar-refractivity contribution in [2.24, 2.45) is 0 Å². The van der Waals surface area contributed by atoms with Crippen molar-refractivity contribution in [3.63, 3.8) is 0 Å². The Labute approximate surface area is 575 Å². The minimum atomic E-state index is -0.0500. The Morgan fingerprint density at radius 1 is 0.376 bits per heavy atom.